The fraction of sp³-hybridized carbons (Fsp3) is 0.692. The molecule has 0 nitrogen and oxygen atoms in total. The summed E-state index contributed by atoms with van der Waals surface area (Å²) >= 11 is 0. The summed E-state index contributed by atoms with van der Waals surface area (Å²) in [5.41, 5.74) is -1.37. The van der Waals surface area contributed by atoms with Gasteiger partial charge in [0.1, 0.15) is 17.2 Å². The smallest absolute Gasteiger partial charge is 0.206 e. The first-order chi connectivity index (χ1) is 14.8. The largest absolute Gasteiger partial charge is 0.422 e. The first-order valence-electron chi connectivity index (χ1n) is 12.0. The highest BCUT2D eigenvalue weighted by molar-refractivity contribution is 5.31. The Bertz CT molecular complexity index is 772. The third-order valence-electron chi connectivity index (χ3n) is 8.26. The van der Waals surface area contributed by atoms with Crippen molar-refractivity contribution in [1.82, 2.24) is 0 Å². The van der Waals surface area contributed by atoms with E-state index >= 15 is 0 Å². The van der Waals surface area contributed by atoms with Crippen LogP contribution in [0, 0.1) is 41.2 Å². The summed E-state index contributed by atoms with van der Waals surface area (Å²) in [4.78, 5) is 0. The molecular weight excluding hydrogens is 407 g/mol. The molecule has 3 aliphatic rings. The molecule has 1 aromatic carbocycles. The van der Waals surface area contributed by atoms with Crippen molar-refractivity contribution in [2.75, 3.05) is 0 Å². The summed E-state index contributed by atoms with van der Waals surface area (Å²) in [7, 11) is 0. The molecule has 3 fully saturated rings. The van der Waals surface area contributed by atoms with E-state index in [2.05, 4.69) is 19.1 Å². The van der Waals surface area contributed by atoms with E-state index < -0.39 is 23.4 Å². The van der Waals surface area contributed by atoms with Gasteiger partial charge in [-0.3, -0.25) is 0 Å². The van der Waals surface area contributed by atoms with E-state index in [0.717, 1.165) is 56.1 Å². The Balaban J connectivity index is 1.42. The van der Waals surface area contributed by atoms with Crippen molar-refractivity contribution in [1.29, 1.82) is 0 Å². The summed E-state index contributed by atoms with van der Waals surface area (Å²) in [5.74, 6) is 0.419. The molecule has 4 rings (SSSR count). The molecule has 0 aromatic heterocycles. The number of hydrogen-bond donors (Lipinski definition) is 0. The van der Waals surface area contributed by atoms with Crippen molar-refractivity contribution in [3.8, 4) is 0 Å². The molecule has 31 heavy (non-hydrogen) atoms. The molecule has 0 amide bonds. The third kappa shape index (κ3) is 4.85. The van der Waals surface area contributed by atoms with Crippen molar-refractivity contribution in [2.24, 2.45) is 29.6 Å². The molecule has 172 valence electrons. The molecule has 0 radical (unpaired) electrons. The van der Waals surface area contributed by atoms with Gasteiger partial charge in [0.25, 0.3) is 0 Å². The van der Waals surface area contributed by atoms with E-state index in [1.807, 2.05) is 0 Å². The van der Waals surface area contributed by atoms with Crippen LogP contribution in [0.2, 0.25) is 0 Å². The zero-order valence-electron chi connectivity index (χ0n) is 18.2. The van der Waals surface area contributed by atoms with Crippen molar-refractivity contribution in [2.45, 2.75) is 83.2 Å². The molecule has 0 aliphatic heterocycles. The number of rotatable bonds is 4. The normalized spacial score (nSPS) is 33.9. The fourth-order valence-electron chi connectivity index (χ4n) is 6.86. The van der Waals surface area contributed by atoms with Gasteiger partial charge in [-0.15, -0.1) is 0 Å². The summed E-state index contributed by atoms with van der Waals surface area (Å²) in [5, 5.41) is 0. The van der Waals surface area contributed by atoms with Crippen LogP contribution in [0.25, 0.3) is 0 Å². The molecular formula is C26H33F5. The maximum atomic E-state index is 14.1. The number of unbranched alkanes of at least 4 members (excludes halogenated alkanes) is 1. The lowest BCUT2D eigenvalue weighted by molar-refractivity contribution is -0.142. The quantitative estimate of drug-likeness (QED) is 0.324. The van der Waals surface area contributed by atoms with E-state index in [1.54, 1.807) is 0 Å². The van der Waals surface area contributed by atoms with Crippen molar-refractivity contribution in [3.05, 3.63) is 47.0 Å². The molecule has 0 spiro atoms. The standard InChI is InChI=1S/C26H33F5/c1-2-3-4-5-16-6-10-21-18(12-16)7-8-19-13-17(9-11-22(19)21)20-14-23(27)25(24(28)15-20)26(29,30)31/h4-5,14-19,21-22H,2-3,6-13H2,1H3/b5-4+. The highest BCUT2D eigenvalue weighted by atomic mass is 19.4. The van der Waals surface area contributed by atoms with Crippen LogP contribution in [0.5, 0.6) is 0 Å². The Kier molecular flexibility index (Phi) is 6.79. The van der Waals surface area contributed by atoms with Crippen LogP contribution in [-0.2, 0) is 6.18 Å². The van der Waals surface area contributed by atoms with E-state index in [4.69, 9.17) is 0 Å². The first kappa shape index (κ1) is 22.8. The summed E-state index contributed by atoms with van der Waals surface area (Å²) in [6.07, 6.45) is 10.9. The predicted octanol–water partition coefficient (Wildman–Crippen LogP) is 8.67. The molecule has 1 aromatic rings. The van der Waals surface area contributed by atoms with Crippen LogP contribution in [0.1, 0.15) is 88.2 Å². The van der Waals surface area contributed by atoms with Crippen LogP contribution < -0.4 is 0 Å². The monoisotopic (exact) mass is 440 g/mol. The van der Waals surface area contributed by atoms with Crippen LogP contribution in [-0.4, -0.2) is 0 Å². The lowest BCUT2D eigenvalue weighted by Crippen LogP contribution is -2.41. The maximum absolute atomic E-state index is 14.1. The average Bonchev–Trinajstić information content (AvgIpc) is 2.71. The maximum Gasteiger partial charge on any atom is 0.422 e. The number of allylic oxidation sites excluding steroid dienone is 2. The molecule has 0 N–H and O–H groups in total. The Morgan fingerprint density at radius 1 is 0.871 bits per heavy atom. The summed E-state index contributed by atoms with van der Waals surface area (Å²) in [6.45, 7) is 2.20. The third-order valence-corrected chi connectivity index (χ3v) is 8.26. The molecule has 6 unspecified atom stereocenters. The lowest BCUT2D eigenvalue weighted by atomic mass is 9.55. The summed E-state index contributed by atoms with van der Waals surface area (Å²) < 4.78 is 66.9. The second-order valence-corrected chi connectivity index (χ2v) is 10.1. The SMILES string of the molecule is CCC/C=C/C1CCC2C(CCC3CC(c4cc(F)c(C(F)(F)F)c(F)c4)CCC32)C1. The predicted molar refractivity (Wildman–Crippen MR) is 113 cm³/mol. The number of benzene rings is 1. The van der Waals surface area contributed by atoms with Crippen LogP contribution in [0.4, 0.5) is 22.0 Å². The van der Waals surface area contributed by atoms with Gasteiger partial charge in [0.2, 0.25) is 0 Å². The number of alkyl halides is 3. The van der Waals surface area contributed by atoms with Crippen LogP contribution >= 0.6 is 0 Å². The molecule has 3 saturated carbocycles. The van der Waals surface area contributed by atoms with Crippen LogP contribution in [0.15, 0.2) is 24.3 Å². The molecule has 3 aliphatic carbocycles. The van der Waals surface area contributed by atoms with E-state index in [9.17, 15) is 22.0 Å². The molecule has 0 saturated heterocycles. The molecule has 5 heteroatoms. The molecule has 6 atom stereocenters. The van der Waals surface area contributed by atoms with Gasteiger partial charge >= 0.3 is 6.18 Å². The van der Waals surface area contributed by atoms with E-state index in [0.29, 0.717) is 23.3 Å². The first-order valence-corrected chi connectivity index (χ1v) is 12.0. The fourth-order valence-corrected chi connectivity index (χ4v) is 6.86. The van der Waals surface area contributed by atoms with Gasteiger partial charge in [0.05, 0.1) is 0 Å². The Hall–Kier alpha value is -1.39. The minimum Gasteiger partial charge on any atom is -0.206 e. The minimum atomic E-state index is -5.01. The van der Waals surface area contributed by atoms with Gasteiger partial charge in [-0.2, -0.15) is 13.2 Å². The molecule has 0 heterocycles. The van der Waals surface area contributed by atoms with Gasteiger partial charge in [0, 0.05) is 0 Å². The number of hydrogen-bond acceptors (Lipinski definition) is 0. The lowest BCUT2D eigenvalue weighted by Gasteiger charge is -2.50. The molecule has 0 bridgehead atoms. The second kappa shape index (κ2) is 9.23. The van der Waals surface area contributed by atoms with Crippen molar-refractivity contribution >= 4 is 0 Å². The average molecular weight is 441 g/mol. The topological polar surface area (TPSA) is 0 Å². The zero-order valence-corrected chi connectivity index (χ0v) is 18.2. The minimum absolute atomic E-state index is 0.0441. The van der Waals surface area contributed by atoms with Gasteiger partial charge in [-0.05, 0) is 111 Å². The van der Waals surface area contributed by atoms with Gasteiger partial charge in [-0.25, -0.2) is 8.78 Å². The zero-order chi connectivity index (χ0) is 22.2. The van der Waals surface area contributed by atoms with Gasteiger partial charge in [0.15, 0.2) is 0 Å². The second-order valence-electron chi connectivity index (χ2n) is 10.1. The van der Waals surface area contributed by atoms with E-state index in [1.165, 1.54) is 32.1 Å². The highest BCUT2D eigenvalue weighted by Gasteiger charge is 2.45. The van der Waals surface area contributed by atoms with E-state index in [-0.39, 0.29) is 5.92 Å². The van der Waals surface area contributed by atoms with Gasteiger partial charge in [-0.1, -0.05) is 25.5 Å². The number of fused-ring (bicyclic) bond motifs is 3. The van der Waals surface area contributed by atoms with Crippen molar-refractivity contribution in [3.63, 3.8) is 0 Å². The number of halogens is 5. The van der Waals surface area contributed by atoms with Crippen molar-refractivity contribution < 1.29 is 22.0 Å². The Morgan fingerprint density at radius 3 is 2.10 bits per heavy atom. The Labute approximate surface area is 182 Å². The van der Waals surface area contributed by atoms with Gasteiger partial charge < -0.3 is 0 Å². The highest BCUT2D eigenvalue weighted by Crippen LogP contribution is 2.55. The summed E-state index contributed by atoms with van der Waals surface area (Å²) in [6, 6.07) is 1.85. The Morgan fingerprint density at radius 2 is 1.48 bits per heavy atom. The van der Waals surface area contributed by atoms with Crippen LogP contribution in [0.3, 0.4) is 0 Å².